The average molecular weight is 432 g/mol. The number of aryl methyl sites for hydroxylation is 1. The number of guanidine groups is 1. The molecule has 0 spiro atoms. The number of likely N-dealkylation sites (N-methyl/N-ethyl adjacent to an activating group) is 1. The molecule has 2 heterocycles. The number of nitrogens with one attached hydrogen (secondary N) is 2. The standard InChI is InChI=1S/C24H41N5O2/c1-18(2)22(29-11-9-28(5)10-12-29)16-27-24(25-4)26-15-20-7-6-19(3)14-23(20)31-21-8-13-30-17-21/h6-7,14,18,21-22H,8-13,15-17H2,1-5H3,(H2,25,26,27). The topological polar surface area (TPSA) is 61.4 Å². The van der Waals surface area contributed by atoms with Gasteiger partial charge in [-0.05, 0) is 31.5 Å². The summed E-state index contributed by atoms with van der Waals surface area (Å²) >= 11 is 0. The largest absolute Gasteiger partial charge is 0.488 e. The molecule has 1 aromatic rings. The molecule has 2 fully saturated rings. The Morgan fingerprint density at radius 3 is 2.65 bits per heavy atom. The van der Waals surface area contributed by atoms with Crippen molar-refractivity contribution in [2.45, 2.75) is 45.9 Å². The summed E-state index contributed by atoms with van der Waals surface area (Å²) in [5, 5.41) is 7.03. The number of nitrogens with zero attached hydrogens (tertiary/aromatic N) is 3. The molecule has 2 N–H and O–H groups in total. The van der Waals surface area contributed by atoms with Crippen LogP contribution in [0.5, 0.6) is 5.75 Å². The highest BCUT2D eigenvalue weighted by molar-refractivity contribution is 5.79. The molecule has 0 radical (unpaired) electrons. The van der Waals surface area contributed by atoms with Crippen LogP contribution in [0.15, 0.2) is 23.2 Å². The zero-order chi connectivity index (χ0) is 22.2. The van der Waals surface area contributed by atoms with Crippen LogP contribution < -0.4 is 15.4 Å². The van der Waals surface area contributed by atoms with E-state index in [0.717, 1.165) is 63.0 Å². The number of aliphatic imine (C=N–C) groups is 1. The number of rotatable bonds is 8. The fourth-order valence-electron chi connectivity index (χ4n) is 4.24. The molecule has 7 nitrogen and oxygen atoms in total. The lowest BCUT2D eigenvalue weighted by molar-refractivity contribution is 0.0900. The van der Waals surface area contributed by atoms with Crippen molar-refractivity contribution in [1.29, 1.82) is 0 Å². The molecule has 31 heavy (non-hydrogen) atoms. The summed E-state index contributed by atoms with van der Waals surface area (Å²) in [5.41, 5.74) is 2.34. The zero-order valence-corrected chi connectivity index (χ0v) is 20.0. The molecule has 0 aliphatic carbocycles. The number of ether oxygens (including phenoxy) is 2. The van der Waals surface area contributed by atoms with Gasteiger partial charge < -0.3 is 25.0 Å². The molecule has 0 bridgehead atoms. The van der Waals surface area contributed by atoms with Gasteiger partial charge in [0.1, 0.15) is 11.9 Å². The van der Waals surface area contributed by atoms with Crippen molar-refractivity contribution in [3.8, 4) is 5.75 Å². The highest BCUT2D eigenvalue weighted by Gasteiger charge is 2.25. The smallest absolute Gasteiger partial charge is 0.191 e. The molecule has 174 valence electrons. The Balaban J connectivity index is 1.55. The number of hydrogen-bond donors (Lipinski definition) is 2. The monoisotopic (exact) mass is 431 g/mol. The van der Waals surface area contributed by atoms with Crippen LogP contribution in [-0.2, 0) is 11.3 Å². The van der Waals surface area contributed by atoms with Crippen LogP contribution in [0.25, 0.3) is 0 Å². The van der Waals surface area contributed by atoms with Crippen molar-refractivity contribution >= 4 is 5.96 Å². The predicted molar refractivity (Wildman–Crippen MR) is 127 cm³/mol. The quantitative estimate of drug-likeness (QED) is 0.486. The maximum atomic E-state index is 6.23. The van der Waals surface area contributed by atoms with Crippen LogP contribution in [0.1, 0.15) is 31.4 Å². The molecule has 2 unspecified atom stereocenters. The van der Waals surface area contributed by atoms with Crippen molar-refractivity contribution in [1.82, 2.24) is 20.4 Å². The van der Waals surface area contributed by atoms with Crippen molar-refractivity contribution in [3.63, 3.8) is 0 Å². The Kier molecular flexibility index (Phi) is 8.99. The summed E-state index contributed by atoms with van der Waals surface area (Å²) in [5.74, 6) is 2.35. The van der Waals surface area contributed by atoms with Gasteiger partial charge in [0.2, 0.25) is 0 Å². The molecule has 0 aromatic heterocycles. The van der Waals surface area contributed by atoms with Crippen molar-refractivity contribution in [2.75, 3.05) is 60.0 Å². The van der Waals surface area contributed by atoms with E-state index in [1.165, 1.54) is 5.56 Å². The molecule has 2 aliphatic rings. The number of benzene rings is 1. The van der Waals surface area contributed by atoms with Crippen LogP contribution in [0.2, 0.25) is 0 Å². The van der Waals surface area contributed by atoms with Gasteiger partial charge in [-0.1, -0.05) is 26.0 Å². The second-order valence-corrected chi connectivity index (χ2v) is 9.17. The first-order chi connectivity index (χ1) is 15.0. The van der Waals surface area contributed by atoms with E-state index in [1.54, 1.807) is 0 Å². The second-order valence-electron chi connectivity index (χ2n) is 9.17. The second kappa shape index (κ2) is 11.7. The Morgan fingerprint density at radius 2 is 2.00 bits per heavy atom. The molecule has 0 amide bonds. The van der Waals surface area contributed by atoms with E-state index in [2.05, 4.69) is 71.4 Å². The molecule has 2 atom stereocenters. The van der Waals surface area contributed by atoms with E-state index in [9.17, 15) is 0 Å². The van der Waals surface area contributed by atoms with Crippen molar-refractivity contribution in [3.05, 3.63) is 29.3 Å². The van der Waals surface area contributed by atoms with Gasteiger partial charge in [0.05, 0.1) is 13.2 Å². The van der Waals surface area contributed by atoms with E-state index in [4.69, 9.17) is 9.47 Å². The fourth-order valence-corrected chi connectivity index (χ4v) is 4.24. The maximum Gasteiger partial charge on any atom is 0.191 e. The van der Waals surface area contributed by atoms with Gasteiger partial charge in [0.15, 0.2) is 5.96 Å². The van der Waals surface area contributed by atoms with Crippen LogP contribution >= 0.6 is 0 Å². The minimum Gasteiger partial charge on any atom is -0.488 e. The molecular formula is C24H41N5O2. The third-order valence-corrected chi connectivity index (χ3v) is 6.33. The van der Waals surface area contributed by atoms with Gasteiger partial charge >= 0.3 is 0 Å². The summed E-state index contributed by atoms with van der Waals surface area (Å²) in [6.07, 6.45) is 1.10. The summed E-state index contributed by atoms with van der Waals surface area (Å²) in [6.45, 7) is 14.3. The van der Waals surface area contributed by atoms with Crippen molar-refractivity contribution in [2.24, 2.45) is 10.9 Å². The summed E-state index contributed by atoms with van der Waals surface area (Å²) < 4.78 is 11.7. The normalized spacial score (nSPS) is 22.0. The van der Waals surface area contributed by atoms with E-state index < -0.39 is 0 Å². The summed E-state index contributed by atoms with van der Waals surface area (Å²) in [4.78, 5) is 9.46. The van der Waals surface area contributed by atoms with E-state index >= 15 is 0 Å². The highest BCUT2D eigenvalue weighted by Crippen LogP contribution is 2.23. The Labute approximate surface area is 188 Å². The average Bonchev–Trinajstić information content (AvgIpc) is 3.25. The molecule has 7 heteroatoms. The SMILES string of the molecule is CN=C(NCc1ccc(C)cc1OC1CCOC1)NCC(C(C)C)N1CCN(C)CC1. The Hall–Kier alpha value is -1.83. The van der Waals surface area contributed by atoms with Crippen LogP contribution in [0, 0.1) is 12.8 Å². The third kappa shape index (κ3) is 7.09. The maximum absolute atomic E-state index is 6.23. The van der Waals surface area contributed by atoms with Gasteiger partial charge in [0.25, 0.3) is 0 Å². The zero-order valence-electron chi connectivity index (χ0n) is 20.0. The van der Waals surface area contributed by atoms with Gasteiger partial charge in [-0.2, -0.15) is 0 Å². The van der Waals surface area contributed by atoms with Gasteiger partial charge in [0, 0.05) is 64.3 Å². The van der Waals surface area contributed by atoms with Crippen molar-refractivity contribution < 1.29 is 9.47 Å². The highest BCUT2D eigenvalue weighted by atomic mass is 16.5. The van der Waals surface area contributed by atoms with Gasteiger partial charge in [-0.3, -0.25) is 9.89 Å². The van der Waals surface area contributed by atoms with Crippen LogP contribution in [0.3, 0.4) is 0 Å². The van der Waals surface area contributed by atoms with E-state index in [1.807, 2.05) is 7.05 Å². The lowest BCUT2D eigenvalue weighted by Crippen LogP contribution is -2.55. The van der Waals surface area contributed by atoms with E-state index in [0.29, 0.717) is 25.1 Å². The van der Waals surface area contributed by atoms with E-state index in [-0.39, 0.29) is 6.10 Å². The third-order valence-electron chi connectivity index (χ3n) is 6.33. The molecule has 1 aromatic carbocycles. The number of piperazine rings is 1. The fraction of sp³-hybridized carbons (Fsp3) is 0.708. The molecule has 2 aliphatic heterocycles. The molecule has 0 saturated carbocycles. The van der Waals surface area contributed by atoms with Gasteiger partial charge in [-0.25, -0.2) is 0 Å². The Bertz CT molecular complexity index is 710. The van der Waals surface area contributed by atoms with Gasteiger partial charge in [-0.15, -0.1) is 0 Å². The lowest BCUT2D eigenvalue weighted by atomic mass is 10.0. The first-order valence-corrected chi connectivity index (χ1v) is 11.7. The summed E-state index contributed by atoms with van der Waals surface area (Å²) in [7, 11) is 4.03. The predicted octanol–water partition coefficient (Wildman–Crippen LogP) is 2.10. The minimum atomic E-state index is 0.147. The Morgan fingerprint density at radius 1 is 1.23 bits per heavy atom. The number of hydrogen-bond acceptors (Lipinski definition) is 5. The molecule has 2 saturated heterocycles. The van der Waals surface area contributed by atoms with Crippen LogP contribution in [0.4, 0.5) is 0 Å². The first kappa shape index (κ1) is 23.8. The lowest BCUT2D eigenvalue weighted by Gasteiger charge is -2.40. The van der Waals surface area contributed by atoms with Crippen LogP contribution in [-0.4, -0.2) is 87.9 Å². The molecule has 3 rings (SSSR count). The molecular weight excluding hydrogens is 390 g/mol. The minimum absolute atomic E-state index is 0.147. The first-order valence-electron chi connectivity index (χ1n) is 11.7. The summed E-state index contributed by atoms with van der Waals surface area (Å²) in [6, 6.07) is 6.89.